The largest absolute Gasteiger partial charge is 0.398 e. The van der Waals surface area contributed by atoms with Crippen molar-refractivity contribution in [3.8, 4) is 0 Å². The number of anilines is 1. The van der Waals surface area contributed by atoms with Crippen molar-refractivity contribution < 1.29 is 9.18 Å². The van der Waals surface area contributed by atoms with Crippen molar-refractivity contribution in [2.45, 2.75) is 6.54 Å². The maximum absolute atomic E-state index is 13.0. The van der Waals surface area contributed by atoms with E-state index in [1.54, 1.807) is 18.2 Å². The summed E-state index contributed by atoms with van der Waals surface area (Å²) in [6.07, 6.45) is 0. The molecule has 0 unspecified atom stereocenters. The molecule has 0 heterocycles. The van der Waals surface area contributed by atoms with E-state index in [0.29, 0.717) is 21.8 Å². The van der Waals surface area contributed by atoms with E-state index in [9.17, 15) is 9.18 Å². The van der Waals surface area contributed by atoms with E-state index < -0.39 is 5.82 Å². The summed E-state index contributed by atoms with van der Waals surface area (Å²) in [6.45, 7) is 0.237. The van der Waals surface area contributed by atoms with E-state index in [1.165, 1.54) is 18.2 Å². The molecule has 0 radical (unpaired) electrons. The van der Waals surface area contributed by atoms with Crippen LogP contribution in [-0.4, -0.2) is 5.91 Å². The average Bonchev–Trinajstić information content (AvgIpc) is 2.43. The molecule has 0 saturated carbocycles. The number of nitrogen functional groups attached to an aromatic ring is 1. The molecule has 0 saturated heterocycles. The Morgan fingerprint density at radius 3 is 2.55 bits per heavy atom. The van der Waals surface area contributed by atoms with Gasteiger partial charge in [-0.1, -0.05) is 29.3 Å². The van der Waals surface area contributed by atoms with Crippen LogP contribution in [0.2, 0.25) is 10.0 Å². The van der Waals surface area contributed by atoms with Crippen LogP contribution in [0.15, 0.2) is 36.4 Å². The van der Waals surface area contributed by atoms with Gasteiger partial charge < -0.3 is 11.1 Å². The number of benzene rings is 2. The lowest BCUT2D eigenvalue weighted by molar-refractivity contribution is 0.0951. The van der Waals surface area contributed by atoms with Crippen molar-refractivity contribution in [1.82, 2.24) is 5.32 Å². The van der Waals surface area contributed by atoms with Gasteiger partial charge in [0, 0.05) is 12.1 Å². The summed E-state index contributed by atoms with van der Waals surface area (Å²) in [5.74, 6) is -0.792. The third kappa shape index (κ3) is 3.40. The number of nitrogens with two attached hydrogens (primary N) is 1. The Bertz CT molecular complexity index is 662. The van der Waals surface area contributed by atoms with Crippen LogP contribution in [0, 0.1) is 5.82 Å². The first-order valence-electron chi connectivity index (χ1n) is 5.74. The first-order chi connectivity index (χ1) is 9.47. The highest BCUT2D eigenvalue weighted by molar-refractivity contribution is 6.33. The molecule has 2 aromatic rings. The van der Waals surface area contributed by atoms with Crippen LogP contribution < -0.4 is 11.1 Å². The summed E-state index contributed by atoms with van der Waals surface area (Å²) in [4.78, 5) is 11.9. The lowest BCUT2D eigenvalue weighted by atomic mass is 10.1. The third-order valence-electron chi connectivity index (χ3n) is 2.70. The molecule has 0 aliphatic carbocycles. The number of nitrogens with one attached hydrogen (secondary N) is 1. The summed E-state index contributed by atoms with van der Waals surface area (Å²) in [6, 6.07) is 8.90. The minimum Gasteiger partial charge on any atom is -0.398 e. The molecule has 3 nitrogen and oxygen atoms in total. The molecule has 0 aliphatic rings. The minimum absolute atomic E-state index is 0.0206. The number of amides is 1. The zero-order valence-electron chi connectivity index (χ0n) is 10.3. The van der Waals surface area contributed by atoms with Crippen LogP contribution in [0.5, 0.6) is 0 Å². The van der Waals surface area contributed by atoms with Gasteiger partial charge in [0.15, 0.2) is 0 Å². The number of carbonyl (C=O) groups excluding carboxylic acids is 1. The molecule has 2 aromatic carbocycles. The van der Waals surface area contributed by atoms with E-state index in [4.69, 9.17) is 28.9 Å². The molecule has 2 rings (SSSR count). The maximum atomic E-state index is 13.0. The Morgan fingerprint density at radius 1 is 1.15 bits per heavy atom. The van der Waals surface area contributed by atoms with Crippen LogP contribution in [0.25, 0.3) is 0 Å². The highest BCUT2D eigenvalue weighted by Gasteiger charge is 2.08. The van der Waals surface area contributed by atoms with Gasteiger partial charge in [-0.2, -0.15) is 0 Å². The molecule has 0 fully saturated rings. The number of rotatable bonds is 3. The Kier molecular flexibility index (Phi) is 4.47. The van der Waals surface area contributed by atoms with Crippen LogP contribution in [0.4, 0.5) is 10.1 Å². The molecule has 20 heavy (non-hydrogen) atoms. The summed E-state index contributed by atoms with van der Waals surface area (Å²) in [5.41, 5.74) is 7.08. The molecular formula is C14H11Cl2FN2O. The van der Waals surface area contributed by atoms with E-state index in [-0.39, 0.29) is 17.5 Å². The summed E-state index contributed by atoms with van der Waals surface area (Å²) >= 11 is 11.5. The molecule has 0 spiro atoms. The van der Waals surface area contributed by atoms with Crippen molar-refractivity contribution in [3.63, 3.8) is 0 Å². The van der Waals surface area contributed by atoms with Gasteiger partial charge in [-0.15, -0.1) is 0 Å². The van der Waals surface area contributed by atoms with Gasteiger partial charge in [0.25, 0.3) is 5.91 Å². The zero-order chi connectivity index (χ0) is 14.7. The van der Waals surface area contributed by atoms with Crippen molar-refractivity contribution in [2.75, 3.05) is 5.73 Å². The average molecular weight is 313 g/mol. The molecule has 1 amide bonds. The lowest BCUT2D eigenvalue weighted by Crippen LogP contribution is -2.22. The van der Waals surface area contributed by atoms with E-state index in [2.05, 4.69) is 5.32 Å². The normalized spacial score (nSPS) is 10.3. The van der Waals surface area contributed by atoms with Crippen LogP contribution in [0.3, 0.4) is 0 Å². The van der Waals surface area contributed by atoms with Gasteiger partial charge in [-0.05, 0) is 35.9 Å². The molecule has 3 N–H and O–H groups in total. The number of carbonyl (C=O) groups is 1. The van der Waals surface area contributed by atoms with E-state index in [0.717, 1.165) is 0 Å². The van der Waals surface area contributed by atoms with Crippen molar-refractivity contribution in [1.29, 1.82) is 0 Å². The third-order valence-corrected chi connectivity index (χ3v) is 3.32. The predicted octanol–water partition coefficient (Wildman–Crippen LogP) is 3.64. The SMILES string of the molecule is Nc1ccc(C(=O)NCc2ccc(F)c(Cl)c2)cc1Cl. The molecular weight excluding hydrogens is 302 g/mol. The molecule has 0 aliphatic heterocycles. The maximum Gasteiger partial charge on any atom is 0.251 e. The Labute approximate surface area is 125 Å². The fourth-order valence-corrected chi connectivity index (χ4v) is 1.99. The lowest BCUT2D eigenvalue weighted by Gasteiger charge is -2.07. The molecule has 0 bridgehead atoms. The number of hydrogen-bond acceptors (Lipinski definition) is 2. The summed E-state index contributed by atoms with van der Waals surface area (Å²) in [7, 11) is 0. The Balaban J connectivity index is 2.04. The van der Waals surface area contributed by atoms with E-state index in [1.807, 2.05) is 0 Å². The first kappa shape index (κ1) is 14.6. The predicted molar refractivity (Wildman–Crippen MR) is 78.4 cm³/mol. The monoisotopic (exact) mass is 312 g/mol. The van der Waals surface area contributed by atoms with Crippen molar-refractivity contribution in [2.24, 2.45) is 0 Å². The fourth-order valence-electron chi connectivity index (χ4n) is 1.60. The van der Waals surface area contributed by atoms with Gasteiger partial charge in [0.2, 0.25) is 0 Å². The topological polar surface area (TPSA) is 55.1 Å². The van der Waals surface area contributed by atoms with Crippen LogP contribution in [0.1, 0.15) is 15.9 Å². The van der Waals surface area contributed by atoms with Gasteiger partial charge in [-0.25, -0.2) is 4.39 Å². The molecule has 0 atom stereocenters. The van der Waals surface area contributed by atoms with Crippen LogP contribution >= 0.6 is 23.2 Å². The zero-order valence-corrected chi connectivity index (χ0v) is 11.8. The quantitative estimate of drug-likeness (QED) is 0.850. The summed E-state index contributed by atoms with van der Waals surface area (Å²) < 4.78 is 13.0. The van der Waals surface area contributed by atoms with Gasteiger partial charge in [-0.3, -0.25) is 4.79 Å². The van der Waals surface area contributed by atoms with Gasteiger partial charge in [0.1, 0.15) is 5.82 Å². The first-order valence-corrected chi connectivity index (χ1v) is 6.50. The second-order valence-electron chi connectivity index (χ2n) is 4.17. The van der Waals surface area contributed by atoms with Crippen molar-refractivity contribution >= 4 is 34.8 Å². The number of hydrogen-bond donors (Lipinski definition) is 2. The van der Waals surface area contributed by atoms with Gasteiger partial charge >= 0.3 is 0 Å². The molecule has 0 aromatic heterocycles. The highest BCUT2D eigenvalue weighted by atomic mass is 35.5. The minimum atomic E-state index is -0.493. The number of halogens is 3. The smallest absolute Gasteiger partial charge is 0.251 e. The standard InChI is InChI=1S/C14H11Cl2FN2O/c15-10-5-8(1-3-12(10)17)7-19-14(20)9-2-4-13(18)11(16)6-9/h1-6H,7,18H2,(H,19,20). The molecule has 6 heteroatoms. The highest BCUT2D eigenvalue weighted by Crippen LogP contribution is 2.20. The second kappa shape index (κ2) is 6.11. The van der Waals surface area contributed by atoms with Crippen LogP contribution in [-0.2, 0) is 6.54 Å². The Hall–Kier alpha value is -1.78. The fraction of sp³-hybridized carbons (Fsp3) is 0.0714. The second-order valence-corrected chi connectivity index (χ2v) is 4.98. The van der Waals surface area contributed by atoms with Gasteiger partial charge in [0.05, 0.1) is 15.7 Å². The summed E-state index contributed by atoms with van der Waals surface area (Å²) in [5, 5.41) is 3.03. The van der Waals surface area contributed by atoms with Crippen molar-refractivity contribution in [3.05, 3.63) is 63.4 Å². The van der Waals surface area contributed by atoms with E-state index >= 15 is 0 Å². The molecule has 104 valence electrons. The Morgan fingerprint density at radius 2 is 1.90 bits per heavy atom.